The molecule has 34 heavy (non-hydrogen) atoms. The first-order valence-corrected chi connectivity index (χ1v) is 14.6. The van der Waals surface area contributed by atoms with Crippen molar-refractivity contribution in [3.63, 3.8) is 0 Å². The molecule has 0 aromatic heterocycles. The summed E-state index contributed by atoms with van der Waals surface area (Å²) in [6, 6.07) is 13.5. The second-order valence-electron chi connectivity index (χ2n) is 8.56. The molecule has 0 saturated heterocycles. The summed E-state index contributed by atoms with van der Waals surface area (Å²) >= 11 is 6.75. The summed E-state index contributed by atoms with van der Waals surface area (Å²) < 4.78 is 27.9. The highest BCUT2D eigenvalue weighted by atomic mass is 79.9. The Morgan fingerprint density at radius 3 is 2.06 bits per heavy atom. The Labute approximate surface area is 218 Å². The van der Waals surface area contributed by atoms with E-state index in [2.05, 4.69) is 37.2 Å². The summed E-state index contributed by atoms with van der Waals surface area (Å²) in [6.45, 7) is 1.47. The highest BCUT2D eigenvalue weighted by Crippen LogP contribution is 2.22. The number of carbonyl (C=O) groups is 2. The van der Waals surface area contributed by atoms with Crippen LogP contribution in [0.2, 0.25) is 0 Å². The molecule has 0 bridgehead atoms. The van der Waals surface area contributed by atoms with Gasteiger partial charge in [-0.2, -0.15) is 0 Å². The quantitative estimate of drug-likeness (QED) is 0.452. The molecular weight excluding hydrogens is 586 g/mol. The number of hydrogen-bond donors (Lipinski definition) is 1. The molecule has 0 spiro atoms. The SMILES string of the molecule is C[C@@H](C(=O)NC1CCCC1)N(Cc1ccc(Br)cc1)C(=O)CN(c1ccc(Br)cc1)S(C)(=O)=O. The molecular formula is C24H29Br2N3O4S. The summed E-state index contributed by atoms with van der Waals surface area (Å²) in [4.78, 5) is 28.0. The minimum absolute atomic E-state index is 0.120. The van der Waals surface area contributed by atoms with Crippen molar-refractivity contribution in [1.29, 1.82) is 0 Å². The van der Waals surface area contributed by atoms with Crippen molar-refractivity contribution in [2.75, 3.05) is 17.1 Å². The lowest BCUT2D eigenvalue weighted by atomic mass is 10.1. The van der Waals surface area contributed by atoms with Gasteiger partial charge in [0.1, 0.15) is 12.6 Å². The average Bonchev–Trinajstić information content (AvgIpc) is 3.29. The molecule has 3 rings (SSSR count). The molecule has 2 amide bonds. The van der Waals surface area contributed by atoms with Crippen LogP contribution in [0.3, 0.4) is 0 Å². The van der Waals surface area contributed by atoms with Crippen molar-refractivity contribution in [3.05, 3.63) is 63.0 Å². The Morgan fingerprint density at radius 1 is 1.00 bits per heavy atom. The number of halogens is 2. The molecule has 7 nitrogen and oxygen atoms in total. The molecule has 1 atom stereocenters. The number of carbonyl (C=O) groups excluding carboxylic acids is 2. The molecule has 0 heterocycles. The third-order valence-electron chi connectivity index (χ3n) is 5.93. The van der Waals surface area contributed by atoms with Crippen LogP contribution in [-0.2, 0) is 26.2 Å². The van der Waals surface area contributed by atoms with E-state index in [4.69, 9.17) is 0 Å². The van der Waals surface area contributed by atoms with Gasteiger partial charge >= 0.3 is 0 Å². The second kappa shape index (κ2) is 11.7. The van der Waals surface area contributed by atoms with Gasteiger partial charge in [-0.15, -0.1) is 0 Å². The minimum atomic E-state index is -3.74. The molecule has 1 N–H and O–H groups in total. The van der Waals surface area contributed by atoms with Crippen molar-refractivity contribution in [3.8, 4) is 0 Å². The van der Waals surface area contributed by atoms with Gasteiger partial charge in [0.25, 0.3) is 0 Å². The van der Waals surface area contributed by atoms with Gasteiger partial charge in [-0.05, 0) is 61.7 Å². The highest BCUT2D eigenvalue weighted by molar-refractivity contribution is 9.10. The Kier molecular flexibility index (Phi) is 9.17. The van der Waals surface area contributed by atoms with Gasteiger partial charge in [0, 0.05) is 21.5 Å². The van der Waals surface area contributed by atoms with Crippen LogP contribution in [0.5, 0.6) is 0 Å². The van der Waals surface area contributed by atoms with Gasteiger partial charge in [-0.3, -0.25) is 13.9 Å². The van der Waals surface area contributed by atoms with E-state index < -0.39 is 28.5 Å². The zero-order valence-electron chi connectivity index (χ0n) is 19.2. The first-order valence-electron chi connectivity index (χ1n) is 11.1. The normalized spacial score (nSPS) is 15.1. The molecule has 1 fully saturated rings. The van der Waals surface area contributed by atoms with Gasteiger partial charge in [0.15, 0.2) is 0 Å². The summed E-state index contributed by atoms with van der Waals surface area (Å²) in [5.41, 5.74) is 1.22. The number of amides is 2. The van der Waals surface area contributed by atoms with Crippen LogP contribution >= 0.6 is 31.9 Å². The van der Waals surface area contributed by atoms with Gasteiger partial charge in [0.2, 0.25) is 21.8 Å². The van der Waals surface area contributed by atoms with Crippen LogP contribution < -0.4 is 9.62 Å². The lowest BCUT2D eigenvalue weighted by Crippen LogP contribution is -2.52. The van der Waals surface area contributed by atoms with Gasteiger partial charge in [-0.1, -0.05) is 56.8 Å². The molecule has 0 aliphatic heterocycles. The fourth-order valence-corrected chi connectivity index (χ4v) is 5.36. The summed E-state index contributed by atoms with van der Waals surface area (Å²) in [6.07, 6.45) is 5.10. The summed E-state index contributed by atoms with van der Waals surface area (Å²) in [7, 11) is -3.74. The Hall–Kier alpha value is -1.91. The predicted octanol–water partition coefficient (Wildman–Crippen LogP) is 4.45. The fraction of sp³-hybridized carbons (Fsp3) is 0.417. The van der Waals surface area contributed by atoms with E-state index in [9.17, 15) is 18.0 Å². The average molecular weight is 615 g/mol. The van der Waals surface area contributed by atoms with Gasteiger partial charge in [0.05, 0.1) is 11.9 Å². The molecule has 0 radical (unpaired) electrons. The Bertz CT molecular complexity index is 1100. The molecule has 0 unspecified atom stereocenters. The van der Waals surface area contributed by atoms with E-state index in [-0.39, 0.29) is 18.5 Å². The maximum Gasteiger partial charge on any atom is 0.244 e. The number of nitrogens with zero attached hydrogens (tertiary/aromatic N) is 2. The lowest BCUT2D eigenvalue weighted by Gasteiger charge is -2.32. The first kappa shape index (κ1) is 26.7. The maximum absolute atomic E-state index is 13.5. The lowest BCUT2D eigenvalue weighted by molar-refractivity contribution is -0.139. The zero-order valence-corrected chi connectivity index (χ0v) is 23.2. The van der Waals surface area contributed by atoms with Crippen molar-refractivity contribution >= 4 is 59.4 Å². The van der Waals surface area contributed by atoms with Crippen molar-refractivity contribution in [1.82, 2.24) is 10.2 Å². The van der Waals surface area contributed by atoms with Crippen LogP contribution in [0.4, 0.5) is 5.69 Å². The van der Waals surface area contributed by atoms with E-state index in [0.29, 0.717) is 5.69 Å². The summed E-state index contributed by atoms with van der Waals surface area (Å²) in [5, 5.41) is 3.05. The standard InChI is InChI=1S/C24H29Br2N3O4S/c1-17(24(31)27-21-5-3-4-6-21)28(15-18-7-9-19(25)10-8-18)23(30)16-29(34(2,32)33)22-13-11-20(26)12-14-22/h7-14,17,21H,3-6,15-16H2,1-2H3,(H,27,31)/t17-/m0/s1. The molecule has 1 aliphatic rings. The minimum Gasteiger partial charge on any atom is -0.352 e. The molecule has 10 heteroatoms. The number of nitrogens with one attached hydrogen (secondary N) is 1. The van der Waals surface area contributed by atoms with Crippen molar-refractivity contribution in [2.45, 2.75) is 51.2 Å². The summed E-state index contributed by atoms with van der Waals surface area (Å²) in [5.74, 6) is -0.683. The number of sulfonamides is 1. The van der Waals surface area contributed by atoms with Gasteiger partial charge in [-0.25, -0.2) is 8.42 Å². The number of benzene rings is 2. The van der Waals surface area contributed by atoms with E-state index >= 15 is 0 Å². The number of hydrogen-bond acceptors (Lipinski definition) is 4. The van der Waals surface area contributed by atoms with Crippen LogP contribution in [0.15, 0.2) is 57.5 Å². The van der Waals surface area contributed by atoms with Gasteiger partial charge < -0.3 is 10.2 Å². The molecule has 2 aromatic carbocycles. The monoisotopic (exact) mass is 613 g/mol. The number of rotatable bonds is 9. The largest absolute Gasteiger partial charge is 0.352 e. The molecule has 1 saturated carbocycles. The van der Waals surface area contributed by atoms with E-state index in [1.165, 1.54) is 4.90 Å². The third-order valence-corrected chi connectivity index (χ3v) is 8.13. The number of anilines is 1. The maximum atomic E-state index is 13.5. The van der Waals surface area contributed by atoms with E-state index in [1.807, 2.05) is 24.3 Å². The topological polar surface area (TPSA) is 86.8 Å². The van der Waals surface area contributed by atoms with E-state index in [1.54, 1.807) is 31.2 Å². The van der Waals surface area contributed by atoms with Crippen LogP contribution in [0, 0.1) is 0 Å². The second-order valence-corrected chi connectivity index (χ2v) is 12.3. The molecule has 184 valence electrons. The van der Waals surface area contributed by atoms with Crippen LogP contribution in [0.1, 0.15) is 38.2 Å². The smallest absolute Gasteiger partial charge is 0.244 e. The van der Waals surface area contributed by atoms with Crippen LogP contribution in [0.25, 0.3) is 0 Å². The van der Waals surface area contributed by atoms with E-state index in [0.717, 1.165) is 50.8 Å². The van der Waals surface area contributed by atoms with Crippen LogP contribution in [-0.4, -0.2) is 50.0 Å². The fourth-order valence-electron chi connectivity index (χ4n) is 3.98. The third kappa shape index (κ3) is 7.29. The van der Waals surface area contributed by atoms with Crippen molar-refractivity contribution < 1.29 is 18.0 Å². The Balaban J connectivity index is 1.86. The van der Waals surface area contributed by atoms with Crippen molar-refractivity contribution in [2.24, 2.45) is 0 Å². The zero-order chi connectivity index (χ0) is 24.9. The molecule has 1 aliphatic carbocycles. The molecule has 2 aromatic rings. The highest BCUT2D eigenvalue weighted by Gasteiger charge is 2.31. The Morgan fingerprint density at radius 2 is 1.53 bits per heavy atom. The predicted molar refractivity (Wildman–Crippen MR) is 141 cm³/mol. The first-order chi connectivity index (χ1) is 16.0.